The number of halogens is 2. The predicted molar refractivity (Wildman–Crippen MR) is 114 cm³/mol. The third kappa shape index (κ3) is 8.56. The minimum absolute atomic E-state index is 0. The van der Waals surface area contributed by atoms with E-state index in [2.05, 4.69) is 48.5 Å². The highest BCUT2D eigenvalue weighted by molar-refractivity contribution is 5.85. The standard InChI is InChI=1S/C20H27N3O.2ClH/c1-16(23(2)15-18-6-4-3-5-7-18)12-13-22-20(24)14-17-8-10-19(21)11-9-17;;/h3-11,16H,12-15,21H2,1-2H3,(H,22,24);2*1H. The number of rotatable bonds is 8. The predicted octanol–water partition coefficient (Wildman–Crippen LogP) is 3.68. The number of benzene rings is 2. The van der Waals surface area contributed by atoms with Crippen molar-refractivity contribution in [2.75, 3.05) is 19.3 Å². The molecule has 0 radical (unpaired) electrons. The summed E-state index contributed by atoms with van der Waals surface area (Å²) >= 11 is 0. The summed E-state index contributed by atoms with van der Waals surface area (Å²) in [5, 5.41) is 3.00. The van der Waals surface area contributed by atoms with Crippen molar-refractivity contribution in [3.63, 3.8) is 0 Å². The average Bonchev–Trinajstić information content (AvgIpc) is 2.57. The maximum Gasteiger partial charge on any atom is 0.224 e. The lowest BCUT2D eigenvalue weighted by Gasteiger charge is -2.25. The van der Waals surface area contributed by atoms with E-state index in [1.165, 1.54) is 5.56 Å². The van der Waals surface area contributed by atoms with Gasteiger partial charge in [-0.25, -0.2) is 0 Å². The van der Waals surface area contributed by atoms with Crippen LogP contribution in [0.25, 0.3) is 0 Å². The minimum atomic E-state index is 0. The Morgan fingerprint density at radius 1 is 1.04 bits per heavy atom. The van der Waals surface area contributed by atoms with Crippen LogP contribution in [0.1, 0.15) is 24.5 Å². The van der Waals surface area contributed by atoms with Crippen molar-refractivity contribution < 1.29 is 4.79 Å². The molecule has 2 aromatic carbocycles. The highest BCUT2D eigenvalue weighted by Crippen LogP contribution is 2.08. The van der Waals surface area contributed by atoms with Gasteiger partial charge in [0.25, 0.3) is 0 Å². The van der Waals surface area contributed by atoms with Crippen LogP contribution in [0, 0.1) is 0 Å². The molecule has 0 fully saturated rings. The van der Waals surface area contributed by atoms with E-state index in [1.807, 2.05) is 30.3 Å². The molecule has 144 valence electrons. The molecule has 26 heavy (non-hydrogen) atoms. The Morgan fingerprint density at radius 3 is 2.27 bits per heavy atom. The van der Waals surface area contributed by atoms with E-state index >= 15 is 0 Å². The molecule has 0 heterocycles. The van der Waals surface area contributed by atoms with Crippen LogP contribution < -0.4 is 11.1 Å². The first-order valence-electron chi connectivity index (χ1n) is 8.40. The molecule has 3 N–H and O–H groups in total. The smallest absolute Gasteiger partial charge is 0.224 e. The normalized spacial score (nSPS) is 11.2. The van der Waals surface area contributed by atoms with E-state index in [-0.39, 0.29) is 30.7 Å². The number of carbonyl (C=O) groups excluding carboxylic acids is 1. The number of nitrogens with one attached hydrogen (secondary N) is 1. The van der Waals surface area contributed by atoms with Crippen molar-refractivity contribution in [1.82, 2.24) is 10.2 Å². The van der Waals surface area contributed by atoms with Crippen molar-refractivity contribution in [2.24, 2.45) is 0 Å². The molecule has 0 aliphatic heterocycles. The number of amides is 1. The van der Waals surface area contributed by atoms with Crippen LogP contribution in [0.2, 0.25) is 0 Å². The van der Waals surface area contributed by atoms with E-state index in [0.717, 1.165) is 24.2 Å². The second-order valence-electron chi connectivity index (χ2n) is 6.31. The molecule has 0 spiro atoms. The highest BCUT2D eigenvalue weighted by Gasteiger charge is 2.10. The largest absolute Gasteiger partial charge is 0.399 e. The number of carbonyl (C=O) groups is 1. The molecule has 0 saturated heterocycles. The molecule has 0 aliphatic rings. The summed E-state index contributed by atoms with van der Waals surface area (Å²) in [6, 6.07) is 18.3. The first kappa shape index (κ1) is 24.2. The Bertz CT molecular complexity index is 635. The topological polar surface area (TPSA) is 58.4 Å². The molecule has 2 aromatic rings. The van der Waals surface area contributed by atoms with E-state index in [1.54, 1.807) is 0 Å². The van der Waals surface area contributed by atoms with Crippen molar-refractivity contribution in [3.05, 3.63) is 65.7 Å². The first-order valence-corrected chi connectivity index (χ1v) is 8.40. The van der Waals surface area contributed by atoms with Gasteiger partial charge in [-0.15, -0.1) is 24.8 Å². The quantitative estimate of drug-likeness (QED) is 0.667. The van der Waals surface area contributed by atoms with Crippen LogP contribution in [0.3, 0.4) is 0 Å². The van der Waals surface area contributed by atoms with E-state index < -0.39 is 0 Å². The van der Waals surface area contributed by atoms with E-state index in [4.69, 9.17) is 5.73 Å². The number of anilines is 1. The lowest BCUT2D eigenvalue weighted by atomic mass is 10.1. The van der Waals surface area contributed by atoms with Gasteiger partial charge in [-0.3, -0.25) is 9.69 Å². The van der Waals surface area contributed by atoms with Gasteiger partial charge in [0.05, 0.1) is 6.42 Å². The van der Waals surface area contributed by atoms with Crippen molar-refractivity contribution in [2.45, 2.75) is 32.4 Å². The zero-order valence-electron chi connectivity index (χ0n) is 15.4. The fraction of sp³-hybridized carbons (Fsp3) is 0.350. The third-order valence-electron chi connectivity index (χ3n) is 4.26. The highest BCUT2D eigenvalue weighted by atomic mass is 35.5. The molecule has 1 unspecified atom stereocenters. The average molecular weight is 398 g/mol. The second-order valence-corrected chi connectivity index (χ2v) is 6.31. The Labute approximate surface area is 169 Å². The van der Waals surface area contributed by atoms with Gasteiger partial charge < -0.3 is 11.1 Å². The van der Waals surface area contributed by atoms with Crippen LogP contribution in [0.4, 0.5) is 5.69 Å². The molecule has 0 saturated carbocycles. The minimum Gasteiger partial charge on any atom is -0.399 e. The molecule has 0 aromatic heterocycles. The van der Waals surface area contributed by atoms with Crippen molar-refractivity contribution >= 4 is 36.4 Å². The Kier molecular flexibility index (Phi) is 11.7. The van der Waals surface area contributed by atoms with Crippen LogP contribution in [-0.2, 0) is 17.8 Å². The van der Waals surface area contributed by atoms with Crippen LogP contribution in [-0.4, -0.2) is 30.4 Å². The maximum absolute atomic E-state index is 12.0. The third-order valence-corrected chi connectivity index (χ3v) is 4.26. The number of hydrogen-bond acceptors (Lipinski definition) is 3. The van der Waals surface area contributed by atoms with Gasteiger partial charge >= 0.3 is 0 Å². The molecule has 6 heteroatoms. The molecule has 1 atom stereocenters. The van der Waals surface area contributed by atoms with Gasteiger partial charge in [0.1, 0.15) is 0 Å². The number of nitrogens with two attached hydrogens (primary N) is 1. The summed E-state index contributed by atoms with van der Waals surface area (Å²) in [5.41, 5.74) is 8.65. The van der Waals surface area contributed by atoms with Gasteiger partial charge in [0.15, 0.2) is 0 Å². The number of nitrogens with zero attached hydrogens (tertiary/aromatic N) is 1. The SMILES string of the molecule is CC(CCNC(=O)Cc1ccc(N)cc1)N(C)Cc1ccccc1.Cl.Cl. The van der Waals surface area contributed by atoms with Crippen LogP contribution in [0.5, 0.6) is 0 Å². The first-order chi connectivity index (χ1) is 11.5. The van der Waals surface area contributed by atoms with Gasteiger partial charge in [-0.1, -0.05) is 42.5 Å². The maximum atomic E-state index is 12.0. The fourth-order valence-corrected chi connectivity index (χ4v) is 2.55. The Balaban J connectivity index is 0.00000312. The molecular formula is C20H29Cl2N3O. The Hall–Kier alpha value is -1.75. The Morgan fingerprint density at radius 2 is 1.65 bits per heavy atom. The number of nitrogen functional groups attached to an aromatic ring is 1. The summed E-state index contributed by atoms with van der Waals surface area (Å²) in [6.45, 7) is 3.80. The monoisotopic (exact) mass is 397 g/mol. The molecule has 0 aliphatic carbocycles. The lowest BCUT2D eigenvalue weighted by Crippen LogP contribution is -2.34. The lowest BCUT2D eigenvalue weighted by molar-refractivity contribution is -0.120. The number of hydrogen-bond donors (Lipinski definition) is 2. The molecule has 1 amide bonds. The molecule has 4 nitrogen and oxygen atoms in total. The summed E-state index contributed by atoms with van der Waals surface area (Å²) in [7, 11) is 2.12. The van der Waals surface area contributed by atoms with Gasteiger partial charge in [-0.05, 0) is 43.7 Å². The van der Waals surface area contributed by atoms with E-state index in [0.29, 0.717) is 19.0 Å². The van der Waals surface area contributed by atoms with Gasteiger partial charge in [0, 0.05) is 24.8 Å². The van der Waals surface area contributed by atoms with Crippen LogP contribution >= 0.6 is 24.8 Å². The zero-order valence-corrected chi connectivity index (χ0v) is 17.0. The molecule has 2 rings (SSSR count). The van der Waals surface area contributed by atoms with Gasteiger partial charge in [-0.2, -0.15) is 0 Å². The zero-order chi connectivity index (χ0) is 17.4. The second kappa shape index (κ2) is 12.6. The molecular weight excluding hydrogens is 369 g/mol. The van der Waals surface area contributed by atoms with Gasteiger partial charge in [0.2, 0.25) is 5.91 Å². The summed E-state index contributed by atoms with van der Waals surface area (Å²) < 4.78 is 0. The van der Waals surface area contributed by atoms with Crippen molar-refractivity contribution in [1.29, 1.82) is 0 Å². The van der Waals surface area contributed by atoms with E-state index in [9.17, 15) is 4.79 Å². The molecule has 0 bridgehead atoms. The van der Waals surface area contributed by atoms with Crippen molar-refractivity contribution in [3.8, 4) is 0 Å². The fourth-order valence-electron chi connectivity index (χ4n) is 2.55. The summed E-state index contributed by atoms with van der Waals surface area (Å²) in [5.74, 6) is 0.0534. The summed E-state index contributed by atoms with van der Waals surface area (Å²) in [6.07, 6.45) is 1.32. The van der Waals surface area contributed by atoms with Crippen LogP contribution in [0.15, 0.2) is 54.6 Å². The summed E-state index contributed by atoms with van der Waals surface area (Å²) in [4.78, 5) is 14.3.